The summed E-state index contributed by atoms with van der Waals surface area (Å²) in [5, 5.41) is 3.57. The molecule has 19 heavy (non-hydrogen) atoms. The molecule has 0 unspecified atom stereocenters. The fourth-order valence-corrected chi connectivity index (χ4v) is 3.09. The summed E-state index contributed by atoms with van der Waals surface area (Å²) in [7, 11) is 1.67. The van der Waals surface area contributed by atoms with Crippen molar-refractivity contribution in [2.24, 2.45) is 5.92 Å². The second-order valence-electron chi connectivity index (χ2n) is 5.39. The molecule has 0 aromatic heterocycles. The maximum absolute atomic E-state index is 5.77. The minimum Gasteiger partial charge on any atom is -0.497 e. The molecule has 1 N–H and O–H groups in total. The Kier molecular flexibility index (Phi) is 3.89. The lowest BCUT2D eigenvalue weighted by molar-refractivity contribution is 0.228. The highest BCUT2D eigenvalue weighted by atomic mass is 16.5. The van der Waals surface area contributed by atoms with Crippen molar-refractivity contribution in [2.45, 2.75) is 12.5 Å². The van der Waals surface area contributed by atoms with Crippen LogP contribution in [0.1, 0.15) is 6.42 Å². The Bertz CT molecular complexity index is 395. The average Bonchev–Trinajstić information content (AvgIpc) is 3.00. The van der Waals surface area contributed by atoms with Gasteiger partial charge in [0.1, 0.15) is 18.1 Å². The maximum atomic E-state index is 5.77. The van der Waals surface area contributed by atoms with Crippen molar-refractivity contribution in [1.29, 1.82) is 0 Å². The highest BCUT2D eigenvalue weighted by Crippen LogP contribution is 2.24. The summed E-state index contributed by atoms with van der Waals surface area (Å²) in [4.78, 5) is 2.50. The summed E-state index contributed by atoms with van der Waals surface area (Å²) >= 11 is 0. The lowest BCUT2D eigenvalue weighted by Gasteiger charge is -2.17. The molecule has 0 amide bonds. The van der Waals surface area contributed by atoms with Crippen LogP contribution >= 0.6 is 0 Å². The molecule has 0 spiro atoms. The molecule has 0 bridgehead atoms. The third kappa shape index (κ3) is 3.01. The van der Waals surface area contributed by atoms with Gasteiger partial charge in [-0.25, -0.2) is 0 Å². The summed E-state index contributed by atoms with van der Waals surface area (Å²) in [6.45, 7) is 5.37. The number of rotatable bonds is 5. The summed E-state index contributed by atoms with van der Waals surface area (Å²) in [5.74, 6) is 2.64. The summed E-state index contributed by atoms with van der Waals surface area (Å²) in [6, 6.07) is 8.50. The average molecular weight is 262 g/mol. The Balaban J connectivity index is 1.41. The van der Waals surface area contributed by atoms with Crippen LogP contribution in [0.25, 0.3) is 0 Å². The van der Waals surface area contributed by atoms with Crippen LogP contribution in [-0.2, 0) is 0 Å². The first-order valence-corrected chi connectivity index (χ1v) is 7.08. The van der Waals surface area contributed by atoms with Crippen LogP contribution in [0.15, 0.2) is 24.3 Å². The van der Waals surface area contributed by atoms with Gasteiger partial charge in [-0.05, 0) is 43.1 Å². The van der Waals surface area contributed by atoms with E-state index in [0.717, 1.165) is 36.6 Å². The highest BCUT2D eigenvalue weighted by molar-refractivity contribution is 5.31. The molecule has 2 atom stereocenters. The Morgan fingerprint density at radius 2 is 2.00 bits per heavy atom. The van der Waals surface area contributed by atoms with Crippen molar-refractivity contribution < 1.29 is 9.47 Å². The largest absolute Gasteiger partial charge is 0.497 e. The summed E-state index contributed by atoms with van der Waals surface area (Å²) < 4.78 is 10.9. The van der Waals surface area contributed by atoms with E-state index in [-0.39, 0.29) is 0 Å². The van der Waals surface area contributed by atoms with Gasteiger partial charge in [-0.1, -0.05) is 0 Å². The Labute approximate surface area is 114 Å². The van der Waals surface area contributed by atoms with E-state index in [1.807, 2.05) is 24.3 Å². The number of benzene rings is 1. The molecule has 104 valence electrons. The highest BCUT2D eigenvalue weighted by Gasteiger charge is 2.35. The number of nitrogens with one attached hydrogen (secondary N) is 1. The van der Waals surface area contributed by atoms with Gasteiger partial charge in [0, 0.05) is 25.7 Å². The molecule has 3 rings (SSSR count). The van der Waals surface area contributed by atoms with Crippen molar-refractivity contribution in [3.63, 3.8) is 0 Å². The lowest BCUT2D eigenvalue weighted by Crippen LogP contribution is -2.32. The molecular weight excluding hydrogens is 240 g/mol. The summed E-state index contributed by atoms with van der Waals surface area (Å²) in [6.07, 6.45) is 1.33. The van der Waals surface area contributed by atoms with Gasteiger partial charge in [-0.15, -0.1) is 0 Å². The number of likely N-dealkylation sites (tertiary alicyclic amines) is 1. The number of hydrogen-bond acceptors (Lipinski definition) is 4. The predicted octanol–water partition coefficient (Wildman–Crippen LogP) is 1.37. The van der Waals surface area contributed by atoms with Gasteiger partial charge in [0.2, 0.25) is 0 Å². The zero-order valence-corrected chi connectivity index (χ0v) is 11.5. The van der Waals surface area contributed by atoms with Gasteiger partial charge in [0.05, 0.1) is 7.11 Å². The van der Waals surface area contributed by atoms with E-state index >= 15 is 0 Å². The van der Waals surface area contributed by atoms with Gasteiger partial charge in [0.15, 0.2) is 0 Å². The lowest BCUT2D eigenvalue weighted by atomic mass is 10.1. The second kappa shape index (κ2) is 5.80. The molecule has 2 heterocycles. The minimum atomic E-state index is 0.723. The molecule has 1 aromatic carbocycles. The third-order valence-electron chi connectivity index (χ3n) is 4.17. The normalized spacial score (nSPS) is 26.4. The fraction of sp³-hybridized carbons (Fsp3) is 0.600. The second-order valence-corrected chi connectivity index (χ2v) is 5.39. The standard InChI is InChI=1S/C15H22N2O2/c1-18-13-2-4-14(5-3-13)19-9-8-17-10-12-6-7-16-15(12)11-17/h2-5,12,15-16H,6-11H2,1H3/t12-,15+/m0/s1. The van der Waals surface area contributed by atoms with E-state index in [1.54, 1.807) is 7.11 Å². The van der Waals surface area contributed by atoms with E-state index in [2.05, 4.69) is 10.2 Å². The van der Waals surface area contributed by atoms with Gasteiger partial charge in [-0.3, -0.25) is 4.90 Å². The Morgan fingerprint density at radius 1 is 1.21 bits per heavy atom. The van der Waals surface area contributed by atoms with Gasteiger partial charge in [0.25, 0.3) is 0 Å². The van der Waals surface area contributed by atoms with Crippen LogP contribution in [0.5, 0.6) is 11.5 Å². The SMILES string of the molecule is COc1ccc(OCCN2C[C@@H]3CCN[C@@H]3C2)cc1. The van der Waals surface area contributed by atoms with Crippen LogP contribution in [0.2, 0.25) is 0 Å². The van der Waals surface area contributed by atoms with Crippen LogP contribution in [0, 0.1) is 5.92 Å². The molecule has 0 aliphatic carbocycles. The van der Waals surface area contributed by atoms with Crippen molar-refractivity contribution in [3.8, 4) is 11.5 Å². The monoisotopic (exact) mass is 262 g/mol. The van der Waals surface area contributed by atoms with Crippen molar-refractivity contribution in [1.82, 2.24) is 10.2 Å². The molecule has 2 aliphatic heterocycles. The molecule has 2 fully saturated rings. The van der Waals surface area contributed by atoms with Gasteiger partial charge in [-0.2, -0.15) is 0 Å². The van der Waals surface area contributed by atoms with Crippen LogP contribution in [0.3, 0.4) is 0 Å². The molecule has 1 aromatic rings. The van der Waals surface area contributed by atoms with Gasteiger partial charge < -0.3 is 14.8 Å². The zero-order valence-electron chi connectivity index (χ0n) is 11.5. The molecule has 4 heteroatoms. The summed E-state index contributed by atoms with van der Waals surface area (Å²) in [5.41, 5.74) is 0. The first kappa shape index (κ1) is 12.8. The van der Waals surface area contributed by atoms with E-state index in [9.17, 15) is 0 Å². The number of hydrogen-bond donors (Lipinski definition) is 1. The topological polar surface area (TPSA) is 33.7 Å². The number of methoxy groups -OCH3 is 1. The molecule has 2 saturated heterocycles. The first-order valence-electron chi connectivity index (χ1n) is 7.08. The molecule has 0 saturated carbocycles. The molecule has 2 aliphatic rings. The van der Waals surface area contributed by atoms with E-state index in [0.29, 0.717) is 0 Å². The Hall–Kier alpha value is -1.26. The smallest absolute Gasteiger partial charge is 0.119 e. The molecule has 4 nitrogen and oxygen atoms in total. The quantitative estimate of drug-likeness (QED) is 0.869. The van der Waals surface area contributed by atoms with Crippen LogP contribution in [-0.4, -0.2) is 50.8 Å². The van der Waals surface area contributed by atoms with Crippen molar-refractivity contribution in [3.05, 3.63) is 24.3 Å². The van der Waals surface area contributed by atoms with Crippen molar-refractivity contribution in [2.75, 3.05) is 39.9 Å². The van der Waals surface area contributed by atoms with Gasteiger partial charge >= 0.3 is 0 Å². The fourth-order valence-electron chi connectivity index (χ4n) is 3.09. The van der Waals surface area contributed by atoms with E-state index in [4.69, 9.17) is 9.47 Å². The maximum Gasteiger partial charge on any atom is 0.119 e. The van der Waals surface area contributed by atoms with Crippen LogP contribution < -0.4 is 14.8 Å². The predicted molar refractivity (Wildman–Crippen MR) is 74.8 cm³/mol. The minimum absolute atomic E-state index is 0.723. The third-order valence-corrected chi connectivity index (χ3v) is 4.17. The number of nitrogens with zero attached hydrogens (tertiary/aromatic N) is 1. The van der Waals surface area contributed by atoms with Crippen molar-refractivity contribution >= 4 is 0 Å². The first-order chi connectivity index (χ1) is 9.35. The van der Waals surface area contributed by atoms with Crippen LogP contribution in [0.4, 0.5) is 0 Å². The zero-order chi connectivity index (χ0) is 13.1. The molecule has 0 radical (unpaired) electrons. The Morgan fingerprint density at radius 3 is 2.74 bits per heavy atom. The number of fused-ring (bicyclic) bond motifs is 1. The molecular formula is C15H22N2O2. The van der Waals surface area contributed by atoms with E-state index in [1.165, 1.54) is 26.1 Å². The van der Waals surface area contributed by atoms with E-state index < -0.39 is 0 Å². The number of ether oxygens (including phenoxy) is 2.